The summed E-state index contributed by atoms with van der Waals surface area (Å²) in [6, 6.07) is 5.00. The second-order valence-electron chi connectivity index (χ2n) is 6.53. The number of sulfone groups is 1. The molecule has 2 aliphatic heterocycles. The van der Waals surface area contributed by atoms with E-state index in [2.05, 4.69) is 4.99 Å². The lowest BCUT2D eigenvalue weighted by atomic mass is 10.1. The second-order valence-corrected chi connectivity index (χ2v) is 10.3. The number of hydrogen-bond acceptors (Lipinski definition) is 5. The molecule has 26 heavy (non-hydrogen) atoms. The fourth-order valence-electron chi connectivity index (χ4n) is 3.05. The van der Waals surface area contributed by atoms with Crippen LogP contribution in [0.5, 0.6) is 5.75 Å². The molecular weight excluding hydrogens is 396 g/mol. The zero-order valence-corrected chi connectivity index (χ0v) is 17.2. The number of ether oxygens (including phenoxy) is 1. The van der Waals surface area contributed by atoms with Crippen molar-refractivity contribution in [1.82, 2.24) is 0 Å². The van der Waals surface area contributed by atoms with E-state index < -0.39 is 9.84 Å². The standard InChI is InChI=1S/C17H21ClN2O4S2/c1-4-10(2)16(21)19-17-20(11-5-6-14(24-3)12(18)7-11)13-8-26(22,23)9-15(13)25-17/h5-7,10,13,15H,4,8-9H2,1-3H3/t10-,13-,15-/m0/s1. The first-order valence-electron chi connectivity index (χ1n) is 8.38. The van der Waals surface area contributed by atoms with Crippen molar-refractivity contribution in [3.8, 4) is 5.75 Å². The highest BCUT2D eigenvalue weighted by atomic mass is 35.5. The molecule has 2 saturated heterocycles. The predicted octanol–water partition coefficient (Wildman–Crippen LogP) is 3.00. The number of hydrogen-bond donors (Lipinski definition) is 0. The molecule has 2 fully saturated rings. The number of benzene rings is 1. The molecule has 0 aromatic heterocycles. The smallest absolute Gasteiger partial charge is 0.250 e. The van der Waals surface area contributed by atoms with Gasteiger partial charge in [-0.25, -0.2) is 8.42 Å². The van der Waals surface area contributed by atoms with Gasteiger partial charge in [0.1, 0.15) is 5.75 Å². The second kappa shape index (κ2) is 7.40. The molecule has 142 valence electrons. The topological polar surface area (TPSA) is 76.0 Å². The van der Waals surface area contributed by atoms with Crippen LogP contribution in [0.15, 0.2) is 23.2 Å². The molecular formula is C17H21ClN2O4S2. The van der Waals surface area contributed by atoms with Crippen molar-refractivity contribution in [2.45, 2.75) is 31.6 Å². The molecule has 0 unspecified atom stereocenters. The van der Waals surface area contributed by atoms with Gasteiger partial charge in [0, 0.05) is 16.9 Å². The van der Waals surface area contributed by atoms with Gasteiger partial charge in [0.15, 0.2) is 15.0 Å². The molecule has 1 amide bonds. The van der Waals surface area contributed by atoms with Crippen molar-refractivity contribution in [2.24, 2.45) is 10.9 Å². The Morgan fingerprint density at radius 3 is 2.81 bits per heavy atom. The number of fused-ring (bicyclic) bond motifs is 1. The highest BCUT2D eigenvalue weighted by molar-refractivity contribution is 8.16. The normalized spacial score (nSPS) is 26.8. The monoisotopic (exact) mass is 416 g/mol. The predicted molar refractivity (Wildman–Crippen MR) is 106 cm³/mol. The van der Waals surface area contributed by atoms with Crippen molar-refractivity contribution in [3.05, 3.63) is 23.2 Å². The summed E-state index contributed by atoms with van der Waals surface area (Å²) in [7, 11) is -1.57. The number of nitrogens with zero attached hydrogens (tertiary/aromatic N) is 2. The van der Waals surface area contributed by atoms with Crippen LogP contribution < -0.4 is 9.64 Å². The Balaban J connectivity index is 2.01. The summed E-state index contributed by atoms with van der Waals surface area (Å²) in [5, 5.41) is 0.831. The number of aliphatic imine (C=N–C) groups is 1. The average Bonchev–Trinajstić information content (AvgIpc) is 3.04. The van der Waals surface area contributed by atoms with E-state index in [1.54, 1.807) is 12.1 Å². The molecule has 3 rings (SSSR count). The first-order valence-corrected chi connectivity index (χ1v) is 11.5. The summed E-state index contributed by atoms with van der Waals surface area (Å²) < 4.78 is 29.3. The number of carbonyl (C=O) groups is 1. The van der Waals surface area contributed by atoms with E-state index in [0.29, 0.717) is 28.0 Å². The van der Waals surface area contributed by atoms with Crippen molar-refractivity contribution < 1.29 is 17.9 Å². The third-order valence-electron chi connectivity index (χ3n) is 4.72. The van der Waals surface area contributed by atoms with Gasteiger partial charge >= 0.3 is 0 Å². The van der Waals surface area contributed by atoms with Gasteiger partial charge in [0.05, 0.1) is 29.7 Å². The van der Waals surface area contributed by atoms with Gasteiger partial charge < -0.3 is 9.64 Å². The minimum Gasteiger partial charge on any atom is -0.495 e. The summed E-state index contributed by atoms with van der Waals surface area (Å²) in [5.74, 6) is 0.312. The molecule has 3 atom stereocenters. The molecule has 0 spiro atoms. The van der Waals surface area contributed by atoms with Gasteiger partial charge in [-0.15, -0.1) is 0 Å². The number of halogens is 1. The molecule has 9 heteroatoms. The quantitative estimate of drug-likeness (QED) is 0.750. The third kappa shape index (κ3) is 3.73. The van der Waals surface area contributed by atoms with Crippen molar-refractivity contribution in [3.63, 3.8) is 0 Å². The van der Waals surface area contributed by atoms with Crippen molar-refractivity contribution in [2.75, 3.05) is 23.5 Å². The number of rotatable bonds is 4. The molecule has 1 aromatic carbocycles. The Labute approximate surface area is 162 Å². The fourth-order valence-corrected chi connectivity index (χ4v) is 7.22. The average molecular weight is 417 g/mol. The van der Waals surface area contributed by atoms with E-state index in [1.165, 1.54) is 18.9 Å². The highest BCUT2D eigenvalue weighted by Crippen LogP contribution is 2.42. The van der Waals surface area contributed by atoms with Crippen molar-refractivity contribution >= 4 is 50.0 Å². The zero-order valence-electron chi connectivity index (χ0n) is 14.8. The van der Waals surface area contributed by atoms with E-state index in [0.717, 1.165) is 0 Å². The van der Waals surface area contributed by atoms with E-state index in [-0.39, 0.29) is 34.6 Å². The minimum atomic E-state index is -3.10. The van der Waals surface area contributed by atoms with Gasteiger partial charge in [0.2, 0.25) is 0 Å². The number of methoxy groups -OCH3 is 1. The molecule has 1 aromatic rings. The summed E-state index contributed by atoms with van der Waals surface area (Å²) in [6.07, 6.45) is 0.704. The minimum absolute atomic E-state index is 0.0465. The van der Waals surface area contributed by atoms with Crippen LogP contribution >= 0.6 is 23.4 Å². The van der Waals surface area contributed by atoms with Gasteiger partial charge in [0.25, 0.3) is 5.91 Å². The Bertz CT molecular complexity index is 856. The van der Waals surface area contributed by atoms with E-state index in [4.69, 9.17) is 16.3 Å². The first-order chi connectivity index (χ1) is 12.3. The van der Waals surface area contributed by atoms with Crippen LogP contribution in [0.25, 0.3) is 0 Å². The van der Waals surface area contributed by atoms with Gasteiger partial charge in [-0.3, -0.25) is 4.79 Å². The lowest BCUT2D eigenvalue weighted by molar-refractivity contribution is -0.121. The van der Waals surface area contributed by atoms with Crippen LogP contribution in [-0.4, -0.2) is 49.4 Å². The van der Waals surface area contributed by atoms with E-state index >= 15 is 0 Å². The maximum absolute atomic E-state index is 12.3. The van der Waals surface area contributed by atoms with E-state index in [1.807, 2.05) is 24.8 Å². The van der Waals surface area contributed by atoms with Crippen LogP contribution in [0.1, 0.15) is 20.3 Å². The first kappa shape index (κ1) is 19.5. The fraction of sp³-hybridized carbons (Fsp3) is 0.529. The Hall–Kier alpha value is -1.25. The zero-order chi connectivity index (χ0) is 19.1. The molecule has 0 bridgehead atoms. The van der Waals surface area contributed by atoms with Crippen LogP contribution in [0.4, 0.5) is 5.69 Å². The number of thioether (sulfide) groups is 1. The molecule has 6 nitrogen and oxygen atoms in total. The molecule has 2 aliphatic rings. The number of carbonyl (C=O) groups excluding carboxylic acids is 1. The van der Waals surface area contributed by atoms with Crippen molar-refractivity contribution in [1.29, 1.82) is 0 Å². The number of amidine groups is 1. The maximum Gasteiger partial charge on any atom is 0.250 e. The SMILES string of the molecule is CC[C@H](C)C(=O)N=C1S[C@H]2CS(=O)(=O)C[C@@H]2N1c1ccc(OC)c(Cl)c1. The largest absolute Gasteiger partial charge is 0.495 e. The summed E-state index contributed by atoms with van der Waals surface area (Å²) in [6.45, 7) is 3.78. The summed E-state index contributed by atoms with van der Waals surface area (Å²) >= 11 is 7.61. The number of anilines is 1. The molecule has 0 aliphatic carbocycles. The lowest BCUT2D eigenvalue weighted by Crippen LogP contribution is -2.37. The van der Waals surface area contributed by atoms with Crippen LogP contribution in [0.2, 0.25) is 5.02 Å². The Morgan fingerprint density at radius 1 is 1.46 bits per heavy atom. The maximum atomic E-state index is 12.3. The van der Waals surface area contributed by atoms with Gasteiger partial charge in [-0.2, -0.15) is 4.99 Å². The Morgan fingerprint density at radius 2 is 2.19 bits per heavy atom. The highest BCUT2D eigenvalue weighted by Gasteiger charge is 2.49. The molecule has 0 radical (unpaired) electrons. The van der Waals surface area contributed by atoms with E-state index in [9.17, 15) is 13.2 Å². The Kier molecular flexibility index (Phi) is 5.55. The number of amides is 1. The lowest BCUT2D eigenvalue weighted by Gasteiger charge is -2.25. The van der Waals surface area contributed by atoms with Crippen LogP contribution in [0, 0.1) is 5.92 Å². The van der Waals surface area contributed by atoms with Crippen LogP contribution in [0.3, 0.4) is 0 Å². The third-order valence-corrected chi connectivity index (χ3v) is 8.23. The molecule has 2 heterocycles. The molecule has 0 saturated carbocycles. The van der Waals surface area contributed by atoms with Crippen LogP contribution in [-0.2, 0) is 14.6 Å². The van der Waals surface area contributed by atoms with Gasteiger partial charge in [-0.1, -0.05) is 37.2 Å². The summed E-state index contributed by atoms with van der Waals surface area (Å²) in [4.78, 5) is 18.5. The molecule has 0 N–H and O–H groups in total. The summed E-state index contributed by atoms with van der Waals surface area (Å²) in [5.41, 5.74) is 0.712. The van der Waals surface area contributed by atoms with Gasteiger partial charge in [-0.05, 0) is 24.6 Å².